The summed E-state index contributed by atoms with van der Waals surface area (Å²) >= 11 is 6.07. The lowest BCUT2D eigenvalue weighted by Crippen LogP contribution is -2.63. The molecule has 0 aromatic heterocycles. The van der Waals surface area contributed by atoms with Gasteiger partial charge in [0.25, 0.3) is 0 Å². The minimum atomic E-state index is 0.162. The summed E-state index contributed by atoms with van der Waals surface area (Å²) in [6, 6.07) is 9.15. The normalized spacial score (nSPS) is 26.0. The minimum Gasteiger partial charge on any atom is -0.385 e. The second-order valence-corrected chi connectivity index (χ2v) is 9.14. The standard InChI is InChI=1S/C22H31ClN6O/c1-15-13-29(19-7-9-27(10-8-19)22-12-21(24)25-26-22)20(14-28(15)16(2)30)11-17-3-5-18(23)6-4-17/h3-6,15,19-20H,7-14H2,1-2H3,(H2,24,25)/t15-,20?/m0/s1. The van der Waals surface area contributed by atoms with Gasteiger partial charge in [-0.25, -0.2) is 0 Å². The molecule has 3 aliphatic rings. The second-order valence-electron chi connectivity index (χ2n) is 8.70. The van der Waals surface area contributed by atoms with E-state index in [1.54, 1.807) is 6.92 Å². The third-order valence-electron chi connectivity index (χ3n) is 6.60. The van der Waals surface area contributed by atoms with Gasteiger partial charge in [-0.1, -0.05) is 23.7 Å². The fourth-order valence-electron chi connectivity index (χ4n) is 5.01. The number of carbonyl (C=O) groups is 1. The van der Waals surface area contributed by atoms with Crippen LogP contribution in [0.3, 0.4) is 0 Å². The van der Waals surface area contributed by atoms with E-state index in [4.69, 9.17) is 17.3 Å². The largest absolute Gasteiger partial charge is 0.385 e. The average molecular weight is 431 g/mol. The van der Waals surface area contributed by atoms with Crippen LogP contribution in [0.1, 0.15) is 38.7 Å². The fraction of sp³-hybridized carbons (Fsp3) is 0.591. The van der Waals surface area contributed by atoms with Crippen LogP contribution in [0.4, 0.5) is 0 Å². The third-order valence-corrected chi connectivity index (χ3v) is 6.86. The Kier molecular flexibility index (Phi) is 6.29. The molecule has 2 N–H and O–H groups in total. The molecule has 3 heterocycles. The highest BCUT2D eigenvalue weighted by Crippen LogP contribution is 2.27. The first-order valence-electron chi connectivity index (χ1n) is 10.8. The lowest BCUT2D eigenvalue weighted by Gasteiger charge is -2.50. The zero-order valence-electron chi connectivity index (χ0n) is 17.8. The van der Waals surface area contributed by atoms with Crippen LogP contribution >= 0.6 is 11.6 Å². The maximum absolute atomic E-state index is 12.2. The molecule has 1 amide bonds. The van der Waals surface area contributed by atoms with Gasteiger partial charge in [0.2, 0.25) is 5.91 Å². The van der Waals surface area contributed by atoms with Crippen LogP contribution in [0.15, 0.2) is 34.5 Å². The van der Waals surface area contributed by atoms with E-state index < -0.39 is 0 Å². The van der Waals surface area contributed by atoms with Gasteiger partial charge >= 0.3 is 0 Å². The highest BCUT2D eigenvalue weighted by molar-refractivity contribution is 6.30. The molecule has 162 valence electrons. The van der Waals surface area contributed by atoms with Crippen molar-refractivity contribution in [3.63, 3.8) is 0 Å². The summed E-state index contributed by atoms with van der Waals surface area (Å²) in [5, 5.41) is 8.97. The predicted molar refractivity (Wildman–Crippen MR) is 121 cm³/mol. The molecule has 8 heteroatoms. The number of hydrogen-bond acceptors (Lipinski definition) is 6. The molecular formula is C22H31ClN6O. The highest BCUT2D eigenvalue weighted by Gasteiger charge is 2.38. The number of halogens is 1. The van der Waals surface area contributed by atoms with Crippen LogP contribution in [0.2, 0.25) is 5.02 Å². The van der Waals surface area contributed by atoms with E-state index in [1.165, 1.54) is 5.56 Å². The molecule has 1 aromatic carbocycles. The van der Waals surface area contributed by atoms with Gasteiger partial charge in [-0.3, -0.25) is 9.69 Å². The number of rotatable bonds is 3. The van der Waals surface area contributed by atoms with E-state index in [0.717, 1.165) is 56.3 Å². The maximum atomic E-state index is 12.2. The van der Waals surface area contributed by atoms with Gasteiger partial charge in [-0.05, 0) is 43.9 Å². The van der Waals surface area contributed by atoms with Crippen molar-refractivity contribution in [2.24, 2.45) is 15.9 Å². The summed E-state index contributed by atoms with van der Waals surface area (Å²) in [6.07, 6.45) is 3.76. The van der Waals surface area contributed by atoms with Crippen LogP contribution in [-0.4, -0.2) is 76.6 Å². The van der Waals surface area contributed by atoms with Gasteiger partial charge in [0.15, 0.2) is 0 Å². The van der Waals surface area contributed by atoms with Crippen LogP contribution in [0.5, 0.6) is 0 Å². The van der Waals surface area contributed by atoms with Crippen LogP contribution in [0.25, 0.3) is 0 Å². The molecule has 0 bridgehead atoms. The third kappa shape index (κ3) is 4.62. The Morgan fingerprint density at radius 3 is 2.47 bits per heavy atom. The summed E-state index contributed by atoms with van der Waals surface area (Å²) in [5.41, 5.74) is 7.05. The Labute approximate surface area is 183 Å². The zero-order valence-corrected chi connectivity index (χ0v) is 18.6. The summed E-state index contributed by atoms with van der Waals surface area (Å²) in [6.45, 7) is 7.48. The van der Waals surface area contributed by atoms with Gasteiger partial charge < -0.3 is 15.5 Å². The molecule has 0 radical (unpaired) electrons. The lowest BCUT2D eigenvalue weighted by atomic mass is 9.94. The first-order valence-corrected chi connectivity index (χ1v) is 11.2. The Hall–Kier alpha value is -2.12. The van der Waals surface area contributed by atoms with Gasteiger partial charge in [0.05, 0.1) is 6.42 Å². The molecular weight excluding hydrogens is 400 g/mol. The Morgan fingerprint density at radius 2 is 1.87 bits per heavy atom. The summed E-state index contributed by atoms with van der Waals surface area (Å²) < 4.78 is 0. The summed E-state index contributed by atoms with van der Waals surface area (Å²) in [5.74, 6) is 1.76. The monoisotopic (exact) mass is 430 g/mol. The SMILES string of the molecule is CC(=O)N1CC(Cc2ccc(Cl)cc2)N(C2CCN(C3=NN=C(N)C3)CC2)C[C@@H]1C. The topological polar surface area (TPSA) is 77.5 Å². The van der Waals surface area contributed by atoms with E-state index in [-0.39, 0.29) is 11.9 Å². The number of benzene rings is 1. The molecule has 4 rings (SSSR count). The number of hydrogen-bond donors (Lipinski definition) is 1. The molecule has 2 saturated heterocycles. The first kappa shape index (κ1) is 21.1. The quantitative estimate of drug-likeness (QED) is 0.798. The lowest BCUT2D eigenvalue weighted by molar-refractivity contribution is -0.136. The van der Waals surface area contributed by atoms with Crippen molar-refractivity contribution in [2.75, 3.05) is 26.2 Å². The smallest absolute Gasteiger partial charge is 0.219 e. The number of amidine groups is 2. The van der Waals surface area contributed by atoms with Crippen molar-refractivity contribution in [3.05, 3.63) is 34.9 Å². The minimum absolute atomic E-state index is 0.162. The van der Waals surface area contributed by atoms with Crippen molar-refractivity contribution < 1.29 is 4.79 Å². The Balaban J connectivity index is 1.45. The molecule has 1 unspecified atom stereocenters. The van der Waals surface area contributed by atoms with Crippen molar-refractivity contribution in [1.82, 2.24) is 14.7 Å². The van der Waals surface area contributed by atoms with Crippen molar-refractivity contribution in [1.29, 1.82) is 0 Å². The number of nitrogens with zero attached hydrogens (tertiary/aromatic N) is 5. The molecule has 0 saturated carbocycles. The van der Waals surface area contributed by atoms with Gasteiger partial charge in [-0.15, -0.1) is 10.2 Å². The number of nitrogens with two attached hydrogens (primary N) is 1. The molecule has 7 nitrogen and oxygen atoms in total. The summed E-state index contributed by atoms with van der Waals surface area (Å²) in [7, 11) is 0. The fourth-order valence-corrected chi connectivity index (χ4v) is 5.14. The number of amides is 1. The number of likely N-dealkylation sites (tertiary alicyclic amines) is 1. The van der Waals surface area contributed by atoms with Crippen LogP contribution in [0, 0.1) is 0 Å². The van der Waals surface area contributed by atoms with Crippen LogP contribution < -0.4 is 5.73 Å². The number of piperidine rings is 1. The number of carbonyl (C=O) groups excluding carboxylic acids is 1. The molecule has 0 spiro atoms. The van der Waals surface area contributed by atoms with E-state index in [1.807, 2.05) is 17.0 Å². The van der Waals surface area contributed by atoms with E-state index in [0.29, 0.717) is 24.3 Å². The van der Waals surface area contributed by atoms with Gasteiger partial charge in [-0.2, -0.15) is 0 Å². The molecule has 1 aromatic rings. The van der Waals surface area contributed by atoms with E-state index in [2.05, 4.69) is 39.1 Å². The second kappa shape index (κ2) is 8.94. The first-order chi connectivity index (χ1) is 14.4. The van der Waals surface area contributed by atoms with Gasteiger partial charge in [0, 0.05) is 56.3 Å². The van der Waals surface area contributed by atoms with Crippen molar-refractivity contribution in [3.8, 4) is 0 Å². The Morgan fingerprint density at radius 1 is 1.17 bits per heavy atom. The summed E-state index contributed by atoms with van der Waals surface area (Å²) in [4.78, 5) is 19.2. The van der Waals surface area contributed by atoms with Crippen LogP contribution in [-0.2, 0) is 11.2 Å². The zero-order chi connectivity index (χ0) is 21.3. The van der Waals surface area contributed by atoms with Gasteiger partial charge in [0.1, 0.15) is 11.7 Å². The maximum Gasteiger partial charge on any atom is 0.219 e. The van der Waals surface area contributed by atoms with E-state index in [9.17, 15) is 4.79 Å². The molecule has 0 aliphatic carbocycles. The molecule has 30 heavy (non-hydrogen) atoms. The Bertz CT molecular complexity index is 831. The van der Waals surface area contributed by atoms with Crippen molar-refractivity contribution >= 4 is 29.2 Å². The van der Waals surface area contributed by atoms with E-state index >= 15 is 0 Å². The molecule has 2 atom stereocenters. The molecule has 3 aliphatic heterocycles. The van der Waals surface area contributed by atoms with Crippen molar-refractivity contribution in [2.45, 2.75) is 57.7 Å². The highest BCUT2D eigenvalue weighted by atomic mass is 35.5. The number of piperazine rings is 1. The average Bonchev–Trinajstić information content (AvgIpc) is 3.17. The predicted octanol–water partition coefficient (Wildman–Crippen LogP) is 2.34. The molecule has 2 fully saturated rings.